The van der Waals surface area contributed by atoms with Gasteiger partial charge in [-0.25, -0.2) is 0 Å². The van der Waals surface area contributed by atoms with E-state index in [1.165, 1.54) is 0 Å². The van der Waals surface area contributed by atoms with Crippen molar-refractivity contribution in [3.63, 3.8) is 0 Å². The number of allylic oxidation sites excluding steroid dienone is 2. The molecular formula is C7H4N2Se. The second-order valence-electron chi connectivity index (χ2n) is 2.56. The molecule has 0 N–H and O–H groups in total. The summed E-state index contributed by atoms with van der Waals surface area (Å²) >= 11 is 0.154. The molecular weight excluding hydrogens is 191 g/mol. The van der Waals surface area contributed by atoms with Crippen molar-refractivity contribution in [2.75, 3.05) is 0 Å². The first-order valence-electron chi connectivity index (χ1n) is 3.03. The van der Waals surface area contributed by atoms with Crippen LogP contribution in [0.3, 0.4) is 0 Å². The maximum atomic E-state index is 8.70. The topological polar surface area (TPSA) is 47.6 Å². The Bertz CT molecular complexity index is 294. The van der Waals surface area contributed by atoms with Gasteiger partial charge in [0.25, 0.3) is 0 Å². The van der Waals surface area contributed by atoms with Crippen LogP contribution in [-0.2, 0) is 0 Å². The quantitative estimate of drug-likeness (QED) is 0.537. The normalized spacial score (nSPS) is 41.0. The first-order chi connectivity index (χ1) is 4.80. The van der Waals surface area contributed by atoms with Gasteiger partial charge in [-0.3, -0.25) is 0 Å². The van der Waals surface area contributed by atoms with Crippen molar-refractivity contribution in [1.82, 2.24) is 0 Å². The fourth-order valence-corrected chi connectivity index (χ4v) is 3.72. The molecule has 0 spiro atoms. The minimum atomic E-state index is -0.0714. The van der Waals surface area contributed by atoms with Gasteiger partial charge in [-0.15, -0.1) is 0 Å². The third-order valence-electron chi connectivity index (χ3n) is 1.91. The summed E-state index contributed by atoms with van der Waals surface area (Å²) in [7, 11) is 0. The molecule has 3 heteroatoms. The molecule has 0 aromatic carbocycles. The maximum absolute atomic E-state index is 8.70. The van der Waals surface area contributed by atoms with Gasteiger partial charge in [0.15, 0.2) is 0 Å². The van der Waals surface area contributed by atoms with Crippen LogP contribution >= 0.6 is 0 Å². The molecule has 0 saturated heterocycles. The Morgan fingerprint density at radius 3 is 2.90 bits per heavy atom. The van der Waals surface area contributed by atoms with E-state index in [9.17, 15) is 0 Å². The van der Waals surface area contributed by atoms with Gasteiger partial charge in [0.2, 0.25) is 0 Å². The van der Waals surface area contributed by atoms with Crippen molar-refractivity contribution in [2.24, 2.45) is 5.92 Å². The van der Waals surface area contributed by atoms with Gasteiger partial charge >= 0.3 is 64.8 Å². The Morgan fingerprint density at radius 2 is 2.50 bits per heavy atom. The SMILES string of the molecule is N#CC1=CC2CC2(C#N)[Se]1. The van der Waals surface area contributed by atoms with E-state index in [0.717, 1.165) is 10.9 Å². The van der Waals surface area contributed by atoms with E-state index >= 15 is 0 Å². The molecule has 2 aliphatic rings. The van der Waals surface area contributed by atoms with Crippen molar-refractivity contribution < 1.29 is 0 Å². The van der Waals surface area contributed by atoms with Gasteiger partial charge in [-0.1, -0.05) is 0 Å². The molecule has 0 aromatic rings. The summed E-state index contributed by atoms with van der Waals surface area (Å²) in [6.45, 7) is 0. The van der Waals surface area contributed by atoms with E-state index in [1.807, 2.05) is 6.08 Å². The molecule has 1 aliphatic carbocycles. The first-order valence-corrected chi connectivity index (χ1v) is 4.74. The number of nitriles is 2. The van der Waals surface area contributed by atoms with E-state index in [4.69, 9.17) is 10.5 Å². The standard InChI is InChI=1S/C7H4N2Se/c8-3-6-1-5-2-7(5,4-9)10-6/h1,5H,2H2. The number of hydrogen-bond acceptors (Lipinski definition) is 2. The van der Waals surface area contributed by atoms with Crippen LogP contribution in [0.1, 0.15) is 6.42 Å². The Labute approximate surface area is 65.3 Å². The predicted octanol–water partition coefficient (Wildman–Crippen LogP) is 0.814. The Morgan fingerprint density at radius 1 is 1.70 bits per heavy atom. The molecule has 1 fully saturated rings. The molecule has 0 aromatic heterocycles. The zero-order valence-electron chi connectivity index (χ0n) is 5.16. The summed E-state index contributed by atoms with van der Waals surface area (Å²) in [4.78, 5) is 0. The van der Waals surface area contributed by atoms with Crippen LogP contribution < -0.4 is 0 Å². The molecule has 1 saturated carbocycles. The van der Waals surface area contributed by atoms with Crippen LogP contribution in [0.15, 0.2) is 10.5 Å². The van der Waals surface area contributed by atoms with Gasteiger partial charge in [0, 0.05) is 0 Å². The average Bonchev–Trinajstić information content (AvgIpc) is 2.55. The number of nitrogens with zero attached hydrogens (tertiary/aromatic N) is 2. The molecule has 1 heterocycles. The Balaban J connectivity index is 2.25. The molecule has 0 radical (unpaired) electrons. The fourth-order valence-electron chi connectivity index (χ4n) is 1.20. The summed E-state index contributed by atoms with van der Waals surface area (Å²) in [5, 5.41) is 17.2. The molecule has 10 heavy (non-hydrogen) atoms. The molecule has 0 bridgehead atoms. The Hall–Kier alpha value is -0.761. The molecule has 2 rings (SSSR count). The van der Waals surface area contributed by atoms with Crippen molar-refractivity contribution in [3.8, 4) is 12.1 Å². The van der Waals surface area contributed by atoms with Gasteiger partial charge in [-0.05, 0) is 0 Å². The minimum absolute atomic E-state index is 0.0714. The predicted molar refractivity (Wildman–Crippen MR) is 35.9 cm³/mol. The van der Waals surface area contributed by atoms with E-state index in [1.54, 1.807) is 0 Å². The van der Waals surface area contributed by atoms with E-state index in [2.05, 4.69) is 12.1 Å². The molecule has 2 nitrogen and oxygen atoms in total. The summed E-state index contributed by atoms with van der Waals surface area (Å²) in [6.07, 6.45) is 2.98. The van der Waals surface area contributed by atoms with Gasteiger partial charge in [-0.2, -0.15) is 0 Å². The van der Waals surface area contributed by atoms with Crippen molar-refractivity contribution >= 4 is 15.0 Å². The van der Waals surface area contributed by atoms with Gasteiger partial charge in [0.05, 0.1) is 0 Å². The molecule has 2 unspecified atom stereocenters. The fraction of sp³-hybridized carbons (Fsp3) is 0.429. The van der Waals surface area contributed by atoms with Crippen LogP contribution in [0.25, 0.3) is 0 Å². The van der Waals surface area contributed by atoms with Crippen molar-refractivity contribution in [3.05, 3.63) is 10.5 Å². The zero-order valence-corrected chi connectivity index (χ0v) is 6.88. The summed E-state index contributed by atoms with van der Waals surface area (Å²) in [5.41, 5.74) is 0. The monoisotopic (exact) mass is 196 g/mol. The third-order valence-corrected chi connectivity index (χ3v) is 4.79. The summed E-state index contributed by atoms with van der Waals surface area (Å²) in [5.74, 6) is 0.437. The van der Waals surface area contributed by atoms with Crippen molar-refractivity contribution in [1.29, 1.82) is 10.5 Å². The number of hydrogen-bond donors (Lipinski definition) is 0. The zero-order chi connectivity index (χ0) is 7.19. The first kappa shape index (κ1) is 5.98. The van der Waals surface area contributed by atoms with E-state index < -0.39 is 0 Å². The molecule has 0 amide bonds. The van der Waals surface area contributed by atoms with Gasteiger partial charge in [0.1, 0.15) is 0 Å². The van der Waals surface area contributed by atoms with Crippen LogP contribution in [-0.4, -0.2) is 15.0 Å². The van der Waals surface area contributed by atoms with Crippen LogP contribution in [0.5, 0.6) is 0 Å². The second-order valence-corrected chi connectivity index (χ2v) is 5.44. The van der Waals surface area contributed by atoms with E-state index in [0.29, 0.717) is 5.92 Å². The van der Waals surface area contributed by atoms with Crippen LogP contribution in [0, 0.1) is 28.6 Å². The summed E-state index contributed by atoms with van der Waals surface area (Å²) in [6, 6.07) is 4.42. The molecule has 1 aliphatic heterocycles. The summed E-state index contributed by atoms with van der Waals surface area (Å²) < 4.78 is 0.795. The van der Waals surface area contributed by atoms with E-state index in [-0.39, 0.29) is 19.3 Å². The average molecular weight is 195 g/mol. The van der Waals surface area contributed by atoms with Crippen LogP contribution in [0.4, 0.5) is 0 Å². The third kappa shape index (κ3) is 0.570. The Kier molecular flexibility index (Phi) is 0.980. The van der Waals surface area contributed by atoms with Crippen molar-refractivity contribution in [2.45, 2.75) is 10.7 Å². The number of rotatable bonds is 0. The van der Waals surface area contributed by atoms with Gasteiger partial charge < -0.3 is 0 Å². The second kappa shape index (κ2) is 1.64. The number of fused-ring (bicyclic) bond motifs is 1. The molecule has 48 valence electrons. The molecule has 2 atom stereocenters. The van der Waals surface area contributed by atoms with Crippen LogP contribution in [0.2, 0.25) is 4.31 Å².